The van der Waals surface area contributed by atoms with E-state index >= 15 is 0 Å². The number of benzene rings is 1. The Morgan fingerprint density at radius 1 is 1.14 bits per heavy atom. The highest BCUT2D eigenvalue weighted by atomic mass is 15.2. The lowest BCUT2D eigenvalue weighted by molar-refractivity contribution is 0.579. The summed E-state index contributed by atoms with van der Waals surface area (Å²) < 4.78 is 0. The van der Waals surface area contributed by atoms with Crippen LogP contribution in [0.4, 0.5) is 5.82 Å². The molecule has 0 saturated carbocycles. The van der Waals surface area contributed by atoms with E-state index in [0.717, 1.165) is 31.1 Å². The average Bonchev–Trinajstić information content (AvgIpc) is 2.52. The Labute approximate surface area is 127 Å². The van der Waals surface area contributed by atoms with Gasteiger partial charge in [0.15, 0.2) is 0 Å². The van der Waals surface area contributed by atoms with E-state index in [1.54, 1.807) is 0 Å². The quantitative estimate of drug-likeness (QED) is 0.848. The second kappa shape index (κ2) is 7.74. The predicted octanol–water partition coefficient (Wildman–Crippen LogP) is 3.00. The van der Waals surface area contributed by atoms with Gasteiger partial charge in [0.1, 0.15) is 5.82 Å². The van der Waals surface area contributed by atoms with Crippen LogP contribution >= 0.6 is 0 Å². The van der Waals surface area contributed by atoms with Gasteiger partial charge in [0.2, 0.25) is 0 Å². The van der Waals surface area contributed by atoms with Crippen LogP contribution in [0.5, 0.6) is 0 Å². The third kappa shape index (κ3) is 4.83. The molecule has 0 aliphatic rings. The van der Waals surface area contributed by atoms with Crippen LogP contribution in [0.25, 0.3) is 0 Å². The van der Waals surface area contributed by atoms with Crippen molar-refractivity contribution in [2.24, 2.45) is 0 Å². The maximum Gasteiger partial charge on any atom is 0.147 e. The van der Waals surface area contributed by atoms with E-state index in [4.69, 9.17) is 4.98 Å². The Hall–Kier alpha value is -1.94. The molecular weight excluding hydrogens is 260 g/mol. The molecule has 112 valence electrons. The first-order chi connectivity index (χ1) is 10.2. The lowest BCUT2D eigenvalue weighted by atomic mass is 10.2. The Balaban J connectivity index is 2.09. The molecule has 0 unspecified atom stereocenters. The summed E-state index contributed by atoms with van der Waals surface area (Å²) in [5, 5.41) is 3.37. The highest BCUT2D eigenvalue weighted by Gasteiger charge is 2.08. The lowest BCUT2D eigenvalue weighted by Crippen LogP contribution is -2.25. The standard InChI is InChI=1S/C17H24N4/c1-4-21(13-15-8-6-5-7-9-15)17-12-18-10-16(20-17)11-19-14(2)3/h5-10,12,14,19H,4,11,13H2,1-3H3. The molecule has 0 bridgehead atoms. The van der Waals surface area contributed by atoms with Gasteiger partial charge in [-0.15, -0.1) is 0 Å². The van der Waals surface area contributed by atoms with Gasteiger partial charge in [0.25, 0.3) is 0 Å². The largest absolute Gasteiger partial charge is 0.351 e. The molecule has 0 radical (unpaired) electrons. The minimum absolute atomic E-state index is 0.446. The third-order valence-corrected chi connectivity index (χ3v) is 3.29. The first kappa shape index (κ1) is 15.4. The molecule has 1 aromatic carbocycles. The van der Waals surface area contributed by atoms with Crippen LogP contribution < -0.4 is 10.2 Å². The molecule has 1 heterocycles. The number of nitrogens with zero attached hydrogens (tertiary/aromatic N) is 3. The third-order valence-electron chi connectivity index (χ3n) is 3.29. The van der Waals surface area contributed by atoms with Gasteiger partial charge in [0, 0.05) is 31.9 Å². The number of hydrogen-bond donors (Lipinski definition) is 1. The summed E-state index contributed by atoms with van der Waals surface area (Å²) in [4.78, 5) is 11.3. The van der Waals surface area contributed by atoms with E-state index in [0.29, 0.717) is 6.04 Å². The number of hydrogen-bond acceptors (Lipinski definition) is 4. The van der Waals surface area contributed by atoms with Crippen LogP contribution in [0.3, 0.4) is 0 Å². The van der Waals surface area contributed by atoms with Crippen LogP contribution in [0.1, 0.15) is 32.0 Å². The van der Waals surface area contributed by atoms with Crippen LogP contribution in [0.2, 0.25) is 0 Å². The number of aromatic nitrogens is 2. The number of nitrogens with one attached hydrogen (secondary N) is 1. The van der Waals surface area contributed by atoms with Crippen LogP contribution in [-0.4, -0.2) is 22.6 Å². The van der Waals surface area contributed by atoms with Crippen molar-refractivity contribution in [3.8, 4) is 0 Å². The zero-order chi connectivity index (χ0) is 15.1. The zero-order valence-corrected chi connectivity index (χ0v) is 13.1. The smallest absolute Gasteiger partial charge is 0.147 e. The fraction of sp³-hybridized carbons (Fsp3) is 0.412. The van der Waals surface area contributed by atoms with Crippen molar-refractivity contribution >= 4 is 5.82 Å². The topological polar surface area (TPSA) is 41.1 Å². The van der Waals surface area contributed by atoms with Crippen LogP contribution in [-0.2, 0) is 13.1 Å². The van der Waals surface area contributed by atoms with Gasteiger partial charge in [-0.25, -0.2) is 4.98 Å². The van der Waals surface area contributed by atoms with E-state index in [1.165, 1.54) is 5.56 Å². The highest BCUT2D eigenvalue weighted by Crippen LogP contribution is 2.13. The van der Waals surface area contributed by atoms with Gasteiger partial charge in [0.05, 0.1) is 11.9 Å². The van der Waals surface area contributed by atoms with E-state index < -0.39 is 0 Å². The molecule has 0 fully saturated rings. The first-order valence-corrected chi connectivity index (χ1v) is 7.52. The van der Waals surface area contributed by atoms with Crippen LogP contribution in [0.15, 0.2) is 42.7 Å². The molecule has 0 saturated heterocycles. The van der Waals surface area contributed by atoms with Gasteiger partial charge in [-0.05, 0) is 12.5 Å². The molecule has 4 heteroatoms. The number of anilines is 1. The maximum absolute atomic E-state index is 4.71. The molecule has 1 N–H and O–H groups in total. The predicted molar refractivity (Wildman–Crippen MR) is 87.2 cm³/mol. The molecule has 0 amide bonds. The SMILES string of the molecule is CCN(Cc1ccccc1)c1cncc(CNC(C)C)n1. The molecule has 2 rings (SSSR count). The summed E-state index contributed by atoms with van der Waals surface area (Å²) >= 11 is 0. The first-order valence-electron chi connectivity index (χ1n) is 7.52. The minimum Gasteiger partial charge on any atom is -0.351 e. The normalized spacial score (nSPS) is 10.9. The van der Waals surface area contributed by atoms with Crippen molar-refractivity contribution in [1.82, 2.24) is 15.3 Å². The summed E-state index contributed by atoms with van der Waals surface area (Å²) in [6.45, 7) is 8.92. The van der Waals surface area contributed by atoms with E-state index in [-0.39, 0.29) is 0 Å². The van der Waals surface area contributed by atoms with E-state index in [9.17, 15) is 0 Å². The Morgan fingerprint density at radius 2 is 1.90 bits per heavy atom. The lowest BCUT2D eigenvalue weighted by Gasteiger charge is -2.22. The Kier molecular flexibility index (Phi) is 5.69. The molecule has 21 heavy (non-hydrogen) atoms. The van der Waals surface area contributed by atoms with Crippen molar-refractivity contribution < 1.29 is 0 Å². The molecule has 0 aliphatic heterocycles. The second-order valence-electron chi connectivity index (χ2n) is 5.40. The molecular formula is C17H24N4. The molecule has 2 aromatic rings. The van der Waals surface area contributed by atoms with Crippen molar-refractivity contribution in [3.05, 3.63) is 54.0 Å². The van der Waals surface area contributed by atoms with Gasteiger partial charge in [-0.1, -0.05) is 44.2 Å². The second-order valence-corrected chi connectivity index (χ2v) is 5.40. The monoisotopic (exact) mass is 284 g/mol. The molecule has 0 aliphatic carbocycles. The summed E-state index contributed by atoms with van der Waals surface area (Å²) in [5.41, 5.74) is 2.26. The fourth-order valence-electron chi connectivity index (χ4n) is 2.10. The maximum atomic E-state index is 4.71. The van der Waals surface area contributed by atoms with Gasteiger partial charge in [-0.2, -0.15) is 0 Å². The summed E-state index contributed by atoms with van der Waals surface area (Å²) in [5.74, 6) is 0.935. The highest BCUT2D eigenvalue weighted by molar-refractivity contribution is 5.37. The van der Waals surface area contributed by atoms with Gasteiger partial charge >= 0.3 is 0 Å². The summed E-state index contributed by atoms with van der Waals surface area (Å²) in [6, 6.07) is 10.9. The van der Waals surface area contributed by atoms with Crippen molar-refractivity contribution in [2.45, 2.75) is 39.9 Å². The number of rotatable bonds is 7. The van der Waals surface area contributed by atoms with Crippen molar-refractivity contribution in [2.75, 3.05) is 11.4 Å². The van der Waals surface area contributed by atoms with Crippen LogP contribution in [0, 0.1) is 0 Å². The molecule has 0 atom stereocenters. The molecule has 1 aromatic heterocycles. The molecule has 0 spiro atoms. The molecule has 4 nitrogen and oxygen atoms in total. The average molecular weight is 284 g/mol. The van der Waals surface area contributed by atoms with E-state index in [2.05, 4.69) is 60.2 Å². The Bertz CT molecular complexity index is 539. The minimum atomic E-state index is 0.446. The summed E-state index contributed by atoms with van der Waals surface area (Å²) in [6.07, 6.45) is 3.67. The van der Waals surface area contributed by atoms with Gasteiger partial charge in [-0.3, -0.25) is 4.98 Å². The van der Waals surface area contributed by atoms with Gasteiger partial charge < -0.3 is 10.2 Å². The fourth-order valence-corrected chi connectivity index (χ4v) is 2.10. The zero-order valence-electron chi connectivity index (χ0n) is 13.1. The van der Waals surface area contributed by atoms with Crippen molar-refractivity contribution in [3.63, 3.8) is 0 Å². The van der Waals surface area contributed by atoms with Crippen molar-refractivity contribution in [1.29, 1.82) is 0 Å². The summed E-state index contributed by atoms with van der Waals surface area (Å²) in [7, 11) is 0. The van der Waals surface area contributed by atoms with E-state index in [1.807, 2.05) is 18.5 Å². The Morgan fingerprint density at radius 3 is 2.57 bits per heavy atom.